The van der Waals surface area contributed by atoms with Gasteiger partial charge in [-0.1, -0.05) is 67.0 Å². The van der Waals surface area contributed by atoms with Gasteiger partial charge in [-0.15, -0.1) is 0 Å². The molecular weight excluding hydrogens is 382 g/mol. The topological polar surface area (TPSA) is 0 Å². The van der Waals surface area contributed by atoms with Gasteiger partial charge in [-0.2, -0.15) is 22.0 Å². The van der Waals surface area contributed by atoms with Crippen LogP contribution in [0.3, 0.4) is 0 Å². The van der Waals surface area contributed by atoms with Gasteiger partial charge in [-0.3, -0.25) is 4.39 Å². The number of rotatable bonds is 2. The molecular formula is C20H42F6Si. The lowest BCUT2D eigenvalue weighted by Gasteiger charge is -2.33. The summed E-state index contributed by atoms with van der Waals surface area (Å²) in [5.41, 5.74) is -1.83. The quantitative estimate of drug-likeness (QED) is 0.308. The van der Waals surface area contributed by atoms with E-state index < -0.39 is 17.8 Å². The Bertz CT molecular complexity index is 325. The summed E-state index contributed by atoms with van der Waals surface area (Å²) in [5, 5.41) is 0. The van der Waals surface area contributed by atoms with E-state index in [1.807, 2.05) is 13.8 Å². The normalized spacial score (nSPS) is 20.8. The molecule has 0 aromatic carbocycles. The maximum Gasteiger partial charge on any atom is 0.417 e. The average Bonchev–Trinajstić information content (AvgIpc) is 2.64. The zero-order chi connectivity index (χ0) is 22.6. The van der Waals surface area contributed by atoms with Crippen molar-refractivity contribution >= 4 is 9.52 Å². The third kappa shape index (κ3) is 20.1. The smallest absolute Gasteiger partial charge is 0.255 e. The van der Waals surface area contributed by atoms with Crippen molar-refractivity contribution in [2.45, 2.75) is 92.9 Å². The van der Waals surface area contributed by atoms with E-state index in [1.165, 1.54) is 32.1 Å². The van der Waals surface area contributed by atoms with Crippen LogP contribution in [0.1, 0.15) is 73.6 Å². The van der Waals surface area contributed by atoms with E-state index in [0.29, 0.717) is 23.6 Å². The number of allylic oxidation sites excluding steroid dienone is 1. The summed E-state index contributed by atoms with van der Waals surface area (Å²) in [6, 6.07) is 0. The van der Waals surface area contributed by atoms with E-state index in [-0.39, 0.29) is 0 Å². The number of hydrogen-bond acceptors (Lipinski definition) is 0. The van der Waals surface area contributed by atoms with Crippen LogP contribution in [-0.4, -0.2) is 22.9 Å². The Balaban J connectivity index is -0.000000149. The molecule has 0 aromatic rings. The van der Waals surface area contributed by atoms with Gasteiger partial charge in [0.05, 0.1) is 12.8 Å². The molecule has 1 aliphatic carbocycles. The van der Waals surface area contributed by atoms with Gasteiger partial charge in [0.15, 0.2) is 0 Å². The summed E-state index contributed by atoms with van der Waals surface area (Å²) in [4.78, 5) is 0. The van der Waals surface area contributed by atoms with Crippen molar-refractivity contribution in [3.05, 3.63) is 11.7 Å². The monoisotopic (exact) mass is 424 g/mol. The maximum atomic E-state index is 11.2. The second kappa shape index (κ2) is 21.8. The molecule has 1 rings (SSSR count). The molecule has 0 nitrogen and oxygen atoms in total. The fraction of sp³-hybridized carbons (Fsp3) is 0.900. The lowest BCUT2D eigenvalue weighted by molar-refractivity contribution is -0.0947. The summed E-state index contributed by atoms with van der Waals surface area (Å²) < 4.78 is 65.2. The Morgan fingerprint density at radius 1 is 0.963 bits per heavy atom. The van der Waals surface area contributed by atoms with Gasteiger partial charge in [0, 0.05) is 9.52 Å². The van der Waals surface area contributed by atoms with Crippen LogP contribution in [0, 0.1) is 17.8 Å². The van der Waals surface area contributed by atoms with Crippen LogP contribution in [0.4, 0.5) is 26.3 Å². The standard InChI is InChI=1S/C11H22.C4H3F5.C2H8Si.C2H6.CH3F/c1-4-10-6-7-11(5-2)9(3)8-10;1-2(3(5)6)4(7,8)9;1-3-2;2*1-2/h9-11H,4-8H2,1-3H3;1H3;3H2,1-2H3;1-2H3;1H3. The van der Waals surface area contributed by atoms with Crippen LogP contribution < -0.4 is 0 Å². The lowest BCUT2D eigenvalue weighted by Crippen LogP contribution is -2.21. The Kier molecular flexibility index (Phi) is 27.6. The number of alkyl halides is 4. The van der Waals surface area contributed by atoms with Gasteiger partial charge < -0.3 is 0 Å². The van der Waals surface area contributed by atoms with Gasteiger partial charge in [0.25, 0.3) is 6.08 Å². The second-order valence-corrected chi connectivity index (χ2v) is 7.74. The van der Waals surface area contributed by atoms with Crippen molar-refractivity contribution in [2.24, 2.45) is 17.8 Å². The summed E-state index contributed by atoms with van der Waals surface area (Å²) in [6.07, 6.45) is -0.274. The molecule has 0 aliphatic heterocycles. The van der Waals surface area contributed by atoms with Gasteiger partial charge in [-0.05, 0) is 37.5 Å². The summed E-state index contributed by atoms with van der Waals surface area (Å²) in [5.74, 6) is 3.09. The first-order valence-electron chi connectivity index (χ1n) is 10.0. The molecule has 0 bridgehead atoms. The second-order valence-electron chi connectivity index (χ2n) is 6.32. The van der Waals surface area contributed by atoms with Gasteiger partial charge in [0.1, 0.15) is 0 Å². The average molecular weight is 425 g/mol. The van der Waals surface area contributed by atoms with Crippen LogP contribution in [0.5, 0.6) is 0 Å². The van der Waals surface area contributed by atoms with Crippen molar-refractivity contribution in [1.29, 1.82) is 0 Å². The van der Waals surface area contributed by atoms with Crippen LogP contribution >= 0.6 is 0 Å². The predicted octanol–water partition coefficient (Wildman–Crippen LogP) is 8.44. The van der Waals surface area contributed by atoms with Crippen LogP contribution in [0.15, 0.2) is 11.7 Å². The van der Waals surface area contributed by atoms with E-state index in [9.17, 15) is 26.3 Å². The van der Waals surface area contributed by atoms with E-state index in [1.54, 1.807) is 0 Å². The fourth-order valence-corrected chi connectivity index (χ4v) is 2.65. The first-order chi connectivity index (χ1) is 12.5. The molecule has 0 heterocycles. The zero-order valence-electron chi connectivity index (χ0n) is 18.7. The maximum absolute atomic E-state index is 11.2. The molecule has 1 aliphatic rings. The van der Waals surface area contributed by atoms with E-state index in [2.05, 4.69) is 33.9 Å². The summed E-state index contributed by atoms with van der Waals surface area (Å²) in [7, 11) is 0.917. The van der Waals surface area contributed by atoms with E-state index in [0.717, 1.165) is 17.8 Å². The highest BCUT2D eigenvalue weighted by Gasteiger charge is 2.33. The highest BCUT2D eigenvalue weighted by atomic mass is 28.2. The van der Waals surface area contributed by atoms with Crippen molar-refractivity contribution in [3.63, 3.8) is 0 Å². The zero-order valence-corrected chi connectivity index (χ0v) is 20.2. The van der Waals surface area contributed by atoms with Crippen molar-refractivity contribution in [2.75, 3.05) is 7.18 Å². The van der Waals surface area contributed by atoms with Crippen LogP contribution in [0.2, 0.25) is 13.1 Å². The molecule has 1 fully saturated rings. The van der Waals surface area contributed by atoms with Gasteiger partial charge in [0.2, 0.25) is 0 Å². The molecule has 0 radical (unpaired) electrons. The van der Waals surface area contributed by atoms with Crippen LogP contribution in [-0.2, 0) is 0 Å². The summed E-state index contributed by atoms with van der Waals surface area (Å²) in [6.45, 7) is 16.0. The molecule has 27 heavy (non-hydrogen) atoms. The van der Waals surface area contributed by atoms with Gasteiger partial charge >= 0.3 is 6.18 Å². The number of hydrogen-bond donors (Lipinski definition) is 0. The Labute approximate surface area is 166 Å². The Morgan fingerprint density at radius 2 is 1.37 bits per heavy atom. The van der Waals surface area contributed by atoms with Gasteiger partial charge in [-0.25, -0.2) is 0 Å². The molecule has 3 atom stereocenters. The minimum atomic E-state index is -4.89. The molecule has 0 amide bonds. The lowest BCUT2D eigenvalue weighted by atomic mass is 9.73. The van der Waals surface area contributed by atoms with Crippen LogP contribution in [0.25, 0.3) is 0 Å². The van der Waals surface area contributed by atoms with E-state index >= 15 is 0 Å². The Morgan fingerprint density at radius 3 is 1.56 bits per heavy atom. The van der Waals surface area contributed by atoms with Crippen molar-refractivity contribution in [3.8, 4) is 0 Å². The first kappa shape index (κ1) is 34.1. The summed E-state index contributed by atoms with van der Waals surface area (Å²) >= 11 is 0. The molecule has 1 saturated carbocycles. The molecule has 3 unspecified atom stereocenters. The highest BCUT2D eigenvalue weighted by molar-refractivity contribution is 6.31. The third-order valence-electron chi connectivity index (χ3n) is 4.27. The SMILES string of the molecule is CC.CC(=C(F)F)C(F)(F)F.CCC1CCC(CC)C(C)C1.CF.C[SiH2]C. The minimum absolute atomic E-state index is 0.329. The molecule has 0 N–H and O–H groups in total. The molecule has 0 spiro atoms. The number of halogens is 6. The molecule has 168 valence electrons. The molecule has 0 aromatic heterocycles. The van der Waals surface area contributed by atoms with E-state index in [4.69, 9.17) is 0 Å². The van der Waals surface area contributed by atoms with Crippen molar-refractivity contribution < 1.29 is 26.3 Å². The third-order valence-corrected chi connectivity index (χ3v) is 4.27. The fourth-order valence-electron chi connectivity index (χ4n) is 2.65. The minimum Gasteiger partial charge on any atom is -0.255 e. The first-order valence-corrected chi connectivity index (χ1v) is 12.8. The van der Waals surface area contributed by atoms with Crippen molar-refractivity contribution in [1.82, 2.24) is 0 Å². The highest BCUT2D eigenvalue weighted by Crippen LogP contribution is 2.36. The predicted molar refractivity (Wildman–Crippen MR) is 110 cm³/mol. The largest absolute Gasteiger partial charge is 0.417 e. The Hall–Kier alpha value is -0.463. The molecule has 0 saturated heterocycles. The molecule has 7 heteroatoms.